The number of methoxy groups -OCH3 is 1. The largest absolute Gasteiger partial charge is 0.391 e. The summed E-state index contributed by atoms with van der Waals surface area (Å²) in [7, 11) is 1.56. The van der Waals surface area contributed by atoms with Gasteiger partial charge in [0.25, 0.3) is 0 Å². The fourth-order valence-corrected chi connectivity index (χ4v) is 2.23. The fraction of sp³-hybridized carbons (Fsp3) is 0.917. The van der Waals surface area contributed by atoms with Gasteiger partial charge in [0.15, 0.2) is 0 Å². The Morgan fingerprint density at radius 1 is 1.42 bits per heavy atom. The van der Waals surface area contributed by atoms with Crippen molar-refractivity contribution in [2.24, 2.45) is 11.7 Å². The Kier molecular flexibility index (Phi) is 6.06. The molecule has 0 aromatic heterocycles. The van der Waals surface area contributed by atoms with Gasteiger partial charge in [0.2, 0.25) is 5.91 Å². The van der Waals surface area contributed by atoms with Crippen LogP contribution in [0.25, 0.3) is 0 Å². The Bertz CT molecular complexity index is 289. The Labute approximate surface area is 111 Å². The van der Waals surface area contributed by atoms with Crippen LogP contribution in [0.5, 0.6) is 0 Å². The average Bonchev–Trinajstić information content (AvgIpc) is 2.37. The third kappa shape index (κ3) is 4.99. The molecule has 0 radical (unpaired) electrons. The molecule has 0 aromatic carbocycles. The minimum absolute atomic E-state index is 0.0277. The number of rotatable bonds is 5. The molecule has 1 unspecified atom stereocenters. The summed E-state index contributed by atoms with van der Waals surface area (Å²) in [5, 5.41) is 0. The van der Waals surface area contributed by atoms with Crippen molar-refractivity contribution in [2.75, 3.05) is 26.8 Å². The van der Waals surface area contributed by atoms with Crippen LogP contribution in [0.1, 0.15) is 25.7 Å². The van der Waals surface area contributed by atoms with E-state index < -0.39 is 18.1 Å². The Balaban J connectivity index is 2.36. The van der Waals surface area contributed by atoms with E-state index in [0.29, 0.717) is 19.4 Å². The van der Waals surface area contributed by atoms with E-state index in [0.717, 1.165) is 0 Å². The van der Waals surface area contributed by atoms with Crippen molar-refractivity contribution in [1.82, 2.24) is 4.90 Å². The maximum Gasteiger partial charge on any atom is 0.391 e. The topological polar surface area (TPSA) is 55.6 Å². The number of hydrogen-bond donors (Lipinski definition) is 1. The third-order valence-corrected chi connectivity index (χ3v) is 3.45. The predicted molar refractivity (Wildman–Crippen MR) is 64.4 cm³/mol. The first-order valence-corrected chi connectivity index (χ1v) is 6.46. The van der Waals surface area contributed by atoms with Crippen molar-refractivity contribution in [3.05, 3.63) is 0 Å². The second kappa shape index (κ2) is 7.09. The molecule has 0 aliphatic carbocycles. The molecule has 1 aliphatic heterocycles. The molecule has 0 aromatic rings. The first-order chi connectivity index (χ1) is 8.86. The maximum absolute atomic E-state index is 12.5. The number of nitrogens with two attached hydrogens (primary N) is 1. The highest BCUT2D eigenvalue weighted by molar-refractivity contribution is 5.81. The number of alkyl halides is 3. The van der Waals surface area contributed by atoms with Gasteiger partial charge in [-0.25, -0.2) is 0 Å². The third-order valence-electron chi connectivity index (χ3n) is 3.45. The van der Waals surface area contributed by atoms with Gasteiger partial charge in [-0.2, -0.15) is 13.2 Å². The van der Waals surface area contributed by atoms with Crippen LogP contribution >= 0.6 is 0 Å². The van der Waals surface area contributed by atoms with Crippen LogP contribution in [0, 0.1) is 5.92 Å². The van der Waals surface area contributed by atoms with Gasteiger partial charge in [-0.15, -0.1) is 0 Å². The van der Waals surface area contributed by atoms with Crippen LogP contribution in [-0.4, -0.2) is 49.8 Å². The average molecular weight is 282 g/mol. The van der Waals surface area contributed by atoms with Crippen molar-refractivity contribution in [3.8, 4) is 0 Å². The lowest BCUT2D eigenvalue weighted by Gasteiger charge is -2.34. The number of ether oxygens (including phenoxy) is 1. The predicted octanol–water partition coefficient (Wildman–Crippen LogP) is 1.54. The highest BCUT2D eigenvalue weighted by Gasteiger charge is 2.42. The smallest absolute Gasteiger partial charge is 0.385 e. The highest BCUT2D eigenvalue weighted by Crippen LogP contribution is 2.34. The van der Waals surface area contributed by atoms with Gasteiger partial charge in [0, 0.05) is 26.8 Å². The van der Waals surface area contributed by atoms with Gasteiger partial charge in [-0.3, -0.25) is 4.79 Å². The van der Waals surface area contributed by atoms with Gasteiger partial charge in [0.1, 0.15) is 0 Å². The van der Waals surface area contributed by atoms with Gasteiger partial charge < -0.3 is 15.4 Å². The monoisotopic (exact) mass is 282 g/mol. The van der Waals surface area contributed by atoms with Crippen molar-refractivity contribution >= 4 is 5.91 Å². The summed E-state index contributed by atoms with van der Waals surface area (Å²) < 4.78 is 42.3. The lowest BCUT2D eigenvalue weighted by molar-refractivity contribution is -0.186. The zero-order chi connectivity index (χ0) is 14.5. The first-order valence-electron chi connectivity index (χ1n) is 6.46. The number of hydrogen-bond acceptors (Lipinski definition) is 3. The highest BCUT2D eigenvalue weighted by atomic mass is 19.4. The molecule has 19 heavy (non-hydrogen) atoms. The van der Waals surface area contributed by atoms with Crippen LogP contribution < -0.4 is 5.73 Å². The molecule has 0 bridgehead atoms. The van der Waals surface area contributed by atoms with Gasteiger partial charge >= 0.3 is 6.18 Å². The summed E-state index contributed by atoms with van der Waals surface area (Å²) in [5.41, 5.74) is 5.74. The van der Waals surface area contributed by atoms with E-state index in [2.05, 4.69) is 0 Å². The van der Waals surface area contributed by atoms with Gasteiger partial charge in [-0.1, -0.05) is 0 Å². The lowest BCUT2D eigenvalue weighted by Crippen LogP contribution is -2.48. The van der Waals surface area contributed by atoms with Crippen LogP contribution in [0.4, 0.5) is 13.2 Å². The van der Waals surface area contributed by atoms with E-state index in [9.17, 15) is 18.0 Å². The van der Waals surface area contributed by atoms with Gasteiger partial charge in [-0.05, 0) is 25.7 Å². The molecule has 2 N–H and O–H groups in total. The Morgan fingerprint density at radius 2 is 2.00 bits per heavy atom. The molecule has 1 heterocycles. The minimum Gasteiger partial charge on any atom is -0.385 e. The number of carbonyl (C=O) groups is 1. The number of nitrogens with zero attached hydrogens (tertiary/aromatic N) is 1. The maximum atomic E-state index is 12.5. The van der Waals surface area contributed by atoms with Crippen molar-refractivity contribution < 1.29 is 22.7 Å². The lowest BCUT2D eigenvalue weighted by atomic mass is 9.95. The molecular formula is C12H21F3N2O2. The van der Waals surface area contributed by atoms with Crippen LogP contribution in [0.3, 0.4) is 0 Å². The van der Waals surface area contributed by atoms with Crippen molar-refractivity contribution in [3.63, 3.8) is 0 Å². The second-order valence-corrected chi connectivity index (χ2v) is 4.88. The summed E-state index contributed by atoms with van der Waals surface area (Å²) in [6.45, 7) is 0.805. The van der Waals surface area contributed by atoms with Crippen LogP contribution in [0.2, 0.25) is 0 Å². The zero-order valence-electron chi connectivity index (χ0n) is 11.1. The molecular weight excluding hydrogens is 261 g/mol. The molecule has 0 saturated carbocycles. The van der Waals surface area contributed by atoms with Crippen molar-refractivity contribution in [2.45, 2.75) is 37.9 Å². The van der Waals surface area contributed by atoms with E-state index >= 15 is 0 Å². The van der Waals surface area contributed by atoms with E-state index in [4.69, 9.17) is 10.5 Å². The molecule has 1 atom stereocenters. The SMILES string of the molecule is COCCCC(N)C(=O)N1CCC(C(F)(F)F)CC1. The summed E-state index contributed by atoms with van der Waals surface area (Å²) in [5.74, 6) is -1.54. The molecule has 1 fully saturated rings. The number of amides is 1. The van der Waals surface area contributed by atoms with Gasteiger partial charge in [0.05, 0.1) is 12.0 Å². The van der Waals surface area contributed by atoms with E-state index in [-0.39, 0.29) is 31.8 Å². The van der Waals surface area contributed by atoms with Crippen LogP contribution in [-0.2, 0) is 9.53 Å². The van der Waals surface area contributed by atoms with Crippen molar-refractivity contribution in [1.29, 1.82) is 0 Å². The minimum atomic E-state index is -4.16. The molecule has 112 valence electrons. The summed E-state index contributed by atoms with van der Waals surface area (Å²) in [4.78, 5) is 13.4. The quantitative estimate of drug-likeness (QED) is 0.778. The van der Waals surface area contributed by atoms with Crippen LogP contribution in [0.15, 0.2) is 0 Å². The number of piperidine rings is 1. The fourth-order valence-electron chi connectivity index (χ4n) is 2.23. The molecule has 1 rings (SSSR count). The number of carbonyl (C=O) groups excluding carboxylic acids is 1. The summed E-state index contributed by atoms with van der Waals surface area (Å²) >= 11 is 0. The zero-order valence-corrected chi connectivity index (χ0v) is 11.1. The molecule has 4 nitrogen and oxygen atoms in total. The number of halogens is 3. The molecule has 7 heteroatoms. The molecule has 1 aliphatic rings. The molecule has 0 spiro atoms. The normalized spacial score (nSPS) is 19.5. The first kappa shape index (κ1) is 16.2. The Morgan fingerprint density at radius 3 is 2.47 bits per heavy atom. The summed E-state index contributed by atoms with van der Waals surface area (Å²) in [6.07, 6.45) is -3.05. The van der Waals surface area contributed by atoms with E-state index in [1.807, 2.05) is 0 Å². The van der Waals surface area contributed by atoms with E-state index in [1.54, 1.807) is 7.11 Å². The Hall–Kier alpha value is -0.820. The molecule has 1 saturated heterocycles. The standard InChI is InChI=1S/C12H21F3N2O2/c1-19-8-2-3-10(16)11(18)17-6-4-9(5-7-17)12(13,14)15/h9-10H,2-8,16H2,1H3. The van der Waals surface area contributed by atoms with E-state index in [1.165, 1.54) is 4.90 Å². The molecule has 1 amide bonds. The number of likely N-dealkylation sites (tertiary alicyclic amines) is 1. The summed E-state index contributed by atoms with van der Waals surface area (Å²) in [6, 6.07) is -0.641. The second-order valence-electron chi connectivity index (χ2n) is 4.88.